The maximum atomic E-state index is 2.45. The van der Waals surface area contributed by atoms with Gasteiger partial charge in [0, 0.05) is 33.5 Å². The fourth-order valence-electron chi connectivity index (χ4n) is 7.93. The van der Waals surface area contributed by atoms with Crippen LogP contribution >= 0.6 is 0 Å². The van der Waals surface area contributed by atoms with Gasteiger partial charge in [-0.2, -0.15) is 0 Å². The molecule has 0 aliphatic heterocycles. The van der Waals surface area contributed by atoms with Crippen LogP contribution in [0.5, 0.6) is 0 Å². The van der Waals surface area contributed by atoms with Crippen LogP contribution in [0.1, 0.15) is 72.9 Å². The Morgan fingerprint density at radius 3 is 0.942 bits per heavy atom. The lowest BCUT2D eigenvalue weighted by Crippen LogP contribution is -2.12. The third kappa shape index (κ3) is 5.77. The number of hydrogen-bond acceptors (Lipinski definition) is 2. The van der Waals surface area contributed by atoms with Crippen molar-refractivity contribution in [1.29, 1.82) is 0 Å². The van der Waals surface area contributed by atoms with E-state index in [0.29, 0.717) is 11.8 Å². The maximum absolute atomic E-state index is 2.45. The van der Waals surface area contributed by atoms with E-state index in [0.717, 1.165) is 22.7 Å². The molecule has 0 saturated carbocycles. The average molecular weight is 677 g/mol. The van der Waals surface area contributed by atoms with E-state index in [2.05, 4.69) is 199 Å². The number of hydrogen-bond donors (Lipinski definition) is 0. The van der Waals surface area contributed by atoms with Gasteiger partial charge in [0.2, 0.25) is 0 Å². The summed E-state index contributed by atoms with van der Waals surface area (Å²) in [7, 11) is 0. The summed E-state index contributed by atoms with van der Waals surface area (Å²) in [6.45, 7) is 17.9. The van der Waals surface area contributed by atoms with E-state index >= 15 is 0 Å². The molecule has 0 spiro atoms. The summed E-state index contributed by atoms with van der Waals surface area (Å²) in [5.74, 6) is 0.951. The van der Waals surface area contributed by atoms with Gasteiger partial charge in [-0.3, -0.25) is 0 Å². The molecule has 0 aliphatic carbocycles. The van der Waals surface area contributed by atoms with E-state index in [1.807, 2.05) is 0 Å². The Labute approximate surface area is 309 Å². The normalized spacial score (nSPS) is 11.8. The fraction of sp³-hybridized carbons (Fsp3) is 0.200. The number of aryl methyl sites for hydroxylation is 4. The fourth-order valence-corrected chi connectivity index (χ4v) is 7.93. The van der Waals surface area contributed by atoms with Crippen molar-refractivity contribution in [3.05, 3.63) is 167 Å². The van der Waals surface area contributed by atoms with Crippen LogP contribution in [0.25, 0.3) is 32.3 Å². The van der Waals surface area contributed by atoms with E-state index in [1.165, 1.54) is 77.1 Å². The molecule has 0 heterocycles. The first-order chi connectivity index (χ1) is 25.1. The zero-order valence-corrected chi connectivity index (χ0v) is 31.8. The highest BCUT2D eigenvalue weighted by atomic mass is 15.1. The van der Waals surface area contributed by atoms with Crippen LogP contribution in [0.4, 0.5) is 34.1 Å². The Hall–Kier alpha value is -5.60. The van der Waals surface area contributed by atoms with Crippen LogP contribution in [-0.2, 0) is 0 Å². The van der Waals surface area contributed by atoms with Gasteiger partial charge in [0.25, 0.3) is 0 Å². The largest absolute Gasteiger partial charge is 0.310 e. The average Bonchev–Trinajstić information content (AvgIpc) is 3.14. The van der Waals surface area contributed by atoms with Crippen LogP contribution in [0.2, 0.25) is 0 Å². The second-order valence-electron chi connectivity index (χ2n) is 15.3. The highest BCUT2D eigenvalue weighted by Crippen LogP contribution is 2.49. The number of anilines is 6. The summed E-state index contributed by atoms with van der Waals surface area (Å²) < 4.78 is 0. The molecule has 0 aromatic heterocycles. The summed E-state index contributed by atoms with van der Waals surface area (Å²) in [6, 6.07) is 50.4. The Balaban J connectivity index is 1.42. The second-order valence-corrected chi connectivity index (χ2v) is 15.3. The molecule has 0 unspecified atom stereocenters. The lowest BCUT2D eigenvalue weighted by Gasteiger charge is -2.30. The van der Waals surface area contributed by atoms with Gasteiger partial charge in [-0.05, 0) is 144 Å². The quantitative estimate of drug-likeness (QED) is 0.148. The third-order valence-corrected chi connectivity index (χ3v) is 11.0. The highest BCUT2D eigenvalue weighted by molar-refractivity contribution is 6.29. The molecule has 0 saturated heterocycles. The van der Waals surface area contributed by atoms with Crippen molar-refractivity contribution >= 4 is 66.4 Å². The monoisotopic (exact) mass is 676 g/mol. The van der Waals surface area contributed by atoms with Crippen molar-refractivity contribution < 1.29 is 0 Å². The van der Waals surface area contributed by atoms with Gasteiger partial charge in [-0.25, -0.2) is 0 Å². The lowest BCUT2D eigenvalue weighted by atomic mass is 9.88. The SMILES string of the molecule is Cc1ccc(N(c2ccc(C(C)C)cc2)c2cc(C)c3ccc4c(N(c5ccc(C)cc5)c5ccc(C(C)C)cc5)cc(C)c5ccc2c3c54)cc1. The van der Waals surface area contributed by atoms with Gasteiger partial charge in [-0.1, -0.05) is 112 Å². The van der Waals surface area contributed by atoms with E-state index in [-0.39, 0.29) is 0 Å². The molecule has 8 aromatic rings. The summed E-state index contributed by atoms with van der Waals surface area (Å²) in [6.07, 6.45) is 0. The first kappa shape index (κ1) is 33.5. The lowest BCUT2D eigenvalue weighted by molar-refractivity contribution is 0.866. The van der Waals surface area contributed by atoms with Gasteiger partial charge in [-0.15, -0.1) is 0 Å². The van der Waals surface area contributed by atoms with Crippen LogP contribution in [-0.4, -0.2) is 0 Å². The molecule has 52 heavy (non-hydrogen) atoms. The molecule has 2 nitrogen and oxygen atoms in total. The molecule has 258 valence electrons. The first-order valence-corrected chi connectivity index (χ1v) is 18.7. The Kier molecular flexibility index (Phi) is 8.50. The minimum Gasteiger partial charge on any atom is -0.310 e. The zero-order valence-electron chi connectivity index (χ0n) is 31.8. The molecule has 0 atom stereocenters. The summed E-state index contributed by atoms with van der Waals surface area (Å²) in [4.78, 5) is 4.90. The molecule has 0 N–H and O–H groups in total. The second kappa shape index (κ2) is 13.2. The molecule has 0 aliphatic rings. The molecule has 0 fully saturated rings. The van der Waals surface area contributed by atoms with Gasteiger partial charge < -0.3 is 9.80 Å². The topological polar surface area (TPSA) is 6.48 Å². The van der Waals surface area contributed by atoms with Crippen LogP contribution in [0, 0.1) is 27.7 Å². The van der Waals surface area contributed by atoms with Crippen molar-refractivity contribution in [3.8, 4) is 0 Å². The van der Waals surface area contributed by atoms with Gasteiger partial charge >= 0.3 is 0 Å². The molecule has 0 bridgehead atoms. The summed E-state index contributed by atoms with van der Waals surface area (Å²) in [5.41, 5.74) is 14.8. The Morgan fingerprint density at radius 1 is 0.346 bits per heavy atom. The van der Waals surface area contributed by atoms with Crippen LogP contribution < -0.4 is 9.80 Å². The summed E-state index contributed by atoms with van der Waals surface area (Å²) >= 11 is 0. The molecular formula is C50H48N2. The minimum atomic E-state index is 0.476. The van der Waals surface area contributed by atoms with Crippen LogP contribution in [0.3, 0.4) is 0 Å². The molecule has 2 heteroatoms. The van der Waals surface area contributed by atoms with E-state index in [1.54, 1.807) is 0 Å². The summed E-state index contributed by atoms with van der Waals surface area (Å²) in [5, 5.41) is 7.76. The molecule has 8 aromatic carbocycles. The van der Waals surface area contributed by atoms with Crippen molar-refractivity contribution in [2.45, 2.75) is 67.2 Å². The van der Waals surface area contributed by atoms with Gasteiger partial charge in [0.15, 0.2) is 0 Å². The number of rotatable bonds is 8. The smallest absolute Gasteiger partial charge is 0.0543 e. The minimum absolute atomic E-state index is 0.476. The van der Waals surface area contributed by atoms with Crippen molar-refractivity contribution in [2.75, 3.05) is 9.80 Å². The van der Waals surface area contributed by atoms with Crippen LogP contribution in [0.15, 0.2) is 133 Å². The van der Waals surface area contributed by atoms with E-state index in [9.17, 15) is 0 Å². The molecule has 0 radical (unpaired) electrons. The standard InChI is InChI=1S/C50H48N2/c1-31(2)37-13-21-41(22-14-37)51(39-17-9-33(5)10-18-39)47-29-35(7)43-26-28-46-48(30-36(8)44-25-27-45(47)49(43)50(44)46)52(40-19-11-34(6)12-20-40)42-23-15-38(16-24-42)32(3)4/h9-32H,1-8H3. The van der Waals surface area contributed by atoms with E-state index in [4.69, 9.17) is 0 Å². The number of benzene rings is 8. The van der Waals surface area contributed by atoms with Gasteiger partial charge in [0.05, 0.1) is 11.4 Å². The predicted octanol–water partition coefficient (Wildman–Crippen LogP) is 15.0. The predicted molar refractivity (Wildman–Crippen MR) is 227 cm³/mol. The Morgan fingerprint density at radius 2 is 0.635 bits per heavy atom. The molecular weight excluding hydrogens is 629 g/mol. The highest BCUT2D eigenvalue weighted by Gasteiger charge is 2.24. The maximum Gasteiger partial charge on any atom is 0.0543 e. The molecule has 0 amide bonds. The Bertz CT molecular complexity index is 2340. The third-order valence-electron chi connectivity index (χ3n) is 11.0. The van der Waals surface area contributed by atoms with Crippen molar-refractivity contribution in [1.82, 2.24) is 0 Å². The zero-order chi connectivity index (χ0) is 36.3. The van der Waals surface area contributed by atoms with Crippen molar-refractivity contribution in [2.24, 2.45) is 0 Å². The first-order valence-electron chi connectivity index (χ1n) is 18.7. The number of nitrogens with zero attached hydrogens (tertiary/aromatic N) is 2. The van der Waals surface area contributed by atoms with Gasteiger partial charge in [0.1, 0.15) is 0 Å². The van der Waals surface area contributed by atoms with E-state index < -0.39 is 0 Å². The molecule has 8 rings (SSSR count). The van der Waals surface area contributed by atoms with Crippen molar-refractivity contribution in [3.63, 3.8) is 0 Å².